The van der Waals surface area contributed by atoms with Crippen molar-refractivity contribution in [1.82, 2.24) is 15.2 Å². The number of benzene rings is 1. The summed E-state index contributed by atoms with van der Waals surface area (Å²) in [5.41, 5.74) is 2.76. The van der Waals surface area contributed by atoms with Crippen LogP contribution in [0.3, 0.4) is 0 Å². The molecule has 0 atom stereocenters. The van der Waals surface area contributed by atoms with Crippen molar-refractivity contribution < 1.29 is 9.72 Å². The monoisotopic (exact) mass is 349 g/mol. The van der Waals surface area contributed by atoms with Crippen LogP contribution in [0.1, 0.15) is 11.1 Å². The first-order valence-electron chi connectivity index (χ1n) is 7.74. The topological polar surface area (TPSA) is 114 Å². The maximum atomic E-state index is 12.1. The first-order chi connectivity index (χ1) is 12.6. The van der Waals surface area contributed by atoms with E-state index in [-0.39, 0.29) is 5.69 Å². The van der Waals surface area contributed by atoms with E-state index >= 15 is 0 Å². The van der Waals surface area contributed by atoms with E-state index < -0.39 is 10.8 Å². The van der Waals surface area contributed by atoms with Crippen molar-refractivity contribution in [1.29, 1.82) is 0 Å². The number of para-hydroxylation sites is 1. The molecule has 0 unspecified atom stereocenters. The van der Waals surface area contributed by atoms with Crippen LogP contribution in [0.15, 0.2) is 54.9 Å². The zero-order valence-electron chi connectivity index (χ0n) is 13.8. The first-order valence-corrected chi connectivity index (χ1v) is 7.74. The number of amides is 1. The molecule has 3 rings (SSSR count). The van der Waals surface area contributed by atoms with E-state index in [0.29, 0.717) is 11.4 Å². The quantitative estimate of drug-likeness (QED) is 0.416. The van der Waals surface area contributed by atoms with Crippen molar-refractivity contribution in [3.63, 3.8) is 0 Å². The van der Waals surface area contributed by atoms with Gasteiger partial charge in [-0.25, -0.2) is 0 Å². The highest BCUT2D eigenvalue weighted by Crippen LogP contribution is 2.25. The van der Waals surface area contributed by atoms with Gasteiger partial charge in [0, 0.05) is 35.7 Å². The van der Waals surface area contributed by atoms with Gasteiger partial charge in [0.05, 0.1) is 16.2 Å². The Morgan fingerprint density at radius 2 is 1.96 bits per heavy atom. The van der Waals surface area contributed by atoms with E-state index in [9.17, 15) is 14.9 Å². The summed E-state index contributed by atoms with van der Waals surface area (Å²) >= 11 is 0. The molecule has 130 valence electrons. The number of carbonyl (C=O) groups excluding carboxylic acids is 1. The van der Waals surface area contributed by atoms with Gasteiger partial charge in [-0.2, -0.15) is 5.10 Å². The van der Waals surface area contributed by atoms with E-state index in [4.69, 9.17) is 0 Å². The van der Waals surface area contributed by atoms with E-state index in [1.807, 2.05) is 19.1 Å². The molecule has 0 spiro atoms. The Morgan fingerprint density at radius 1 is 1.23 bits per heavy atom. The Hall–Kier alpha value is -3.81. The molecular weight excluding hydrogens is 334 g/mol. The summed E-state index contributed by atoms with van der Waals surface area (Å²) in [7, 11) is 0. The number of hydrogen-bond donors (Lipinski definition) is 2. The standard InChI is InChI=1S/C18H15N5O3/c1-12-17(14-8-10-19-11-9-14)21-22-18(12)20-16(24)7-6-13-4-2-3-5-15(13)23(25)26/h2-11H,1H3,(H2,20,21,22,24)/b7-6-. The van der Waals surface area contributed by atoms with Gasteiger partial charge in [-0.15, -0.1) is 0 Å². The van der Waals surface area contributed by atoms with Gasteiger partial charge >= 0.3 is 0 Å². The van der Waals surface area contributed by atoms with Gasteiger partial charge in [0.2, 0.25) is 5.91 Å². The molecule has 0 bridgehead atoms. The molecule has 0 aliphatic carbocycles. The number of H-pyrrole nitrogens is 1. The van der Waals surface area contributed by atoms with Crippen LogP contribution < -0.4 is 5.32 Å². The fraction of sp³-hybridized carbons (Fsp3) is 0.0556. The largest absolute Gasteiger partial charge is 0.305 e. The molecule has 0 aliphatic heterocycles. The maximum Gasteiger partial charge on any atom is 0.276 e. The SMILES string of the molecule is Cc1c(NC(=O)/C=C\c2ccccc2[N+](=O)[O-])n[nH]c1-c1ccncc1. The molecule has 1 aromatic carbocycles. The van der Waals surface area contributed by atoms with E-state index in [2.05, 4.69) is 20.5 Å². The molecular formula is C18H15N5O3. The fourth-order valence-corrected chi connectivity index (χ4v) is 2.44. The lowest BCUT2D eigenvalue weighted by molar-refractivity contribution is -0.385. The Balaban J connectivity index is 1.76. The molecule has 2 heterocycles. The fourth-order valence-electron chi connectivity index (χ4n) is 2.44. The highest BCUT2D eigenvalue weighted by molar-refractivity contribution is 6.02. The first kappa shape index (κ1) is 17.0. The summed E-state index contributed by atoms with van der Waals surface area (Å²) in [5.74, 6) is -0.0342. The molecule has 8 nitrogen and oxygen atoms in total. The van der Waals surface area contributed by atoms with E-state index in [0.717, 1.165) is 16.8 Å². The van der Waals surface area contributed by atoms with Crippen LogP contribution in [0.4, 0.5) is 11.5 Å². The lowest BCUT2D eigenvalue weighted by Crippen LogP contribution is -2.09. The van der Waals surface area contributed by atoms with Crippen molar-refractivity contribution in [2.75, 3.05) is 5.32 Å². The van der Waals surface area contributed by atoms with Crippen LogP contribution in [0.2, 0.25) is 0 Å². The summed E-state index contributed by atoms with van der Waals surface area (Å²) in [6.07, 6.45) is 5.98. The third-order valence-electron chi connectivity index (χ3n) is 3.77. The lowest BCUT2D eigenvalue weighted by atomic mass is 10.1. The van der Waals surface area contributed by atoms with E-state index in [1.54, 1.807) is 30.6 Å². The number of nitro benzene ring substituents is 1. The summed E-state index contributed by atoms with van der Waals surface area (Å²) in [5, 5.41) is 20.7. The average molecular weight is 349 g/mol. The smallest absolute Gasteiger partial charge is 0.276 e. The molecule has 26 heavy (non-hydrogen) atoms. The Labute approximate surface area is 148 Å². The minimum atomic E-state index is -0.490. The predicted octanol–water partition coefficient (Wildman–Crippen LogP) is 3.34. The van der Waals surface area contributed by atoms with Gasteiger partial charge in [0.1, 0.15) is 0 Å². The Kier molecular flexibility index (Phi) is 4.84. The predicted molar refractivity (Wildman–Crippen MR) is 97.3 cm³/mol. The van der Waals surface area contributed by atoms with Crippen LogP contribution in [-0.4, -0.2) is 26.0 Å². The van der Waals surface area contributed by atoms with Gasteiger partial charge in [-0.1, -0.05) is 12.1 Å². The van der Waals surface area contributed by atoms with Crippen LogP contribution >= 0.6 is 0 Å². The minimum absolute atomic E-state index is 0.0625. The normalized spacial score (nSPS) is 10.8. The zero-order valence-corrected chi connectivity index (χ0v) is 13.8. The summed E-state index contributed by atoms with van der Waals surface area (Å²) in [4.78, 5) is 26.6. The number of nitrogens with one attached hydrogen (secondary N) is 2. The van der Waals surface area contributed by atoms with Crippen molar-refractivity contribution >= 4 is 23.5 Å². The Bertz CT molecular complexity index is 980. The molecule has 2 aromatic heterocycles. The summed E-state index contributed by atoms with van der Waals surface area (Å²) in [6, 6.07) is 9.87. The Morgan fingerprint density at radius 3 is 2.69 bits per heavy atom. The van der Waals surface area contributed by atoms with Crippen molar-refractivity contribution in [2.45, 2.75) is 6.92 Å². The number of hydrogen-bond acceptors (Lipinski definition) is 5. The number of rotatable bonds is 5. The summed E-state index contributed by atoms with van der Waals surface area (Å²) < 4.78 is 0. The van der Waals surface area contributed by atoms with Gasteiger partial charge in [0.25, 0.3) is 5.69 Å². The van der Waals surface area contributed by atoms with Crippen LogP contribution in [0.5, 0.6) is 0 Å². The molecule has 8 heteroatoms. The number of pyridine rings is 1. The van der Waals surface area contributed by atoms with Crippen LogP contribution in [0.25, 0.3) is 17.3 Å². The molecule has 0 saturated heterocycles. The number of nitrogens with zero attached hydrogens (tertiary/aromatic N) is 3. The maximum absolute atomic E-state index is 12.1. The second kappa shape index (κ2) is 7.39. The molecule has 3 aromatic rings. The third kappa shape index (κ3) is 3.64. The summed E-state index contributed by atoms with van der Waals surface area (Å²) in [6.45, 7) is 1.83. The van der Waals surface area contributed by atoms with Crippen molar-refractivity contribution in [2.24, 2.45) is 0 Å². The molecule has 0 saturated carbocycles. The lowest BCUT2D eigenvalue weighted by Gasteiger charge is -2.01. The average Bonchev–Trinajstić information content (AvgIpc) is 3.01. The van der Waals surface area contributed by atoms with Gasteiger partial charge in [0.15, 0.2) is 5.82 Å². The van der Waals surface area contributed by atoms with Gasteiger partial charge in [-0.3, -0.25) is 25.0 Å². The molecule has 0 aliphatic rings. The molecule has 0 fully saturated rings. The molecule has 0 radical (unpaired) electrons. The van der Waals surface area contributed by atoms with Gasteiger partial charge < -0.3 is 5.32 Å². The third-order valence-corrected chi connectivity index (χ3v) is 3.77. The van der Waals surface area contributed by atoms with Crippen molar-refractivity contribution in [3.8, 4) is 11.3 Å². The van der Waals surface area contributed by atoms with Gasteiger partial charge in [-0.05, 0) is 31.2 Å². The van der Waals surface area contributed by atoms with Crippen molar-refractivity contribution in [3.05, 3.63) is 76.1 Å². The number of carbonyl (C=O) groups is 1. The second-order valence-electron chi connectivity index (χ2n) is 5.45. The minimum Gasteiger partial charge on any atom is -0.305 e. The number of aromatic nitrogens is 3. The highest BCUT2D eigenvalue weighted by atomic mass is 16.6. The number of aromatic amines is 1. The molecule has 1 amide bonds. The zero-order chi connectivity index (χ0) is 18.5. The molecule has 2 N–H and O–H groups in total. The number of anilines is 1. The van der Waals surface area contributed by atoms with Crippen LogP contribution in [0, 0.1) is 17.0 Å². The van der Waals surface area contributed by atoms with E-state index in [1.165, 1.54) is 18.2 Å². The highest BCUT2D eigenvalue weighted by Gasteiger charge is 2.13. The van der Waals surface area contributed by atoms with Crippen LogP contribution in [-0.2, 0) is 4.79 Å². The number of nitro groups is 1. The second-order valence-corrected chi connectivity index (χ2v) is 5.45.